The molecule has 1 heterocycles. The predicted octanol–water partition coefficient (Wildman–Crippen LogP) is 3.24. The molecule has 0 atom stereocenters. The van der Waals surface area contributed by atoms with Gasteiger partial charge in [0.2, 0.25) is 0 Å². The van der Waals surface area contributed by atoms with Gasteiger partial charge in [-0.15, -0.1) is 0 Å². The smallest absolute Gasteiger partial charge is 0.191 e. The molecule has 0 spiro atoms. The molecule has 0 saturated heterocycles. The van der Waals surface area contributed by atoms with Gasteiger partial charge in [0, 0.05) is 32.5 Å². The van der Waals surface area contributed by atoms with E-state index in [0.29, 0.717) is 25.7 Å². The number of nitrogens with one attached hydrogen (secondary N) is 2. The molecule has 0 unspecified atom stereocenters. The molecule has 0 aliphatic carbocycles. The van der Waals surface area contributed by atoms with Crippen molar-refractivity contribution in [1.82, 2.24) is 20.2 Å². The Bertz CT molecular complexity index is 770. The summed E-state index contributed by atoms with van der Waals surface area (Å²) < 4.78 is 13.5. The summed E-state index contributed by atoms with van der Waals surface area (Å²) in [4.78, 5) is 8.75. The number of aliphatic imine (C=N–C) groups is 1. The highest BCUT2D eigenvalue weighted by Gasteiger charge is 2.08. The minimum atomic E-state index is 0.580. The topological polar surface area (TPSA) is 72.7 Å². The van der Waals surface area contributed by atoms with Crippen molar-refractivity contribution >= 4 is 5.96 Å². The molecule has 29 heavy (non-hydrogen) atoms. The number of ether oxygens (including phenoxy) is 2. The first-order chi connectivity index (χ1) is 14.1. The van der Waals surface area contributed by atoms with Gasteiger partial charge in [-0.25, -0.2) is 4.98 Å². The molecule has 0 saturated carbocycles. The summed E-state index contributed by atoms with van der Waals surface area (Å²) in [6.45, 7) is 12.0. The number of hydrogen-bond acceptors (Lipinski definition) is 4. The highest BCUT2D eigenvalue weighted by atomic mass is 16.5. The van der Waals surface area contributed by atoms with Crippen LogP contribution in [0.2, 0.25) is 0 Å². The molecule has 160 valence electrons. The Balaban J connectivity index is 1.85. The largest absolute Gasteiger partial charge is 0.490 e. The fraction of sp³-hybridized carbons (Fsp3) is 0.545. The Morgan fingerprint density at radius 2 is 1.90 bits per heavy atom. The van der Waals surface area contributed by atoms with Crippen molar-refractivity contribution in [3.8, 4) is 11.5 Å². The van der Waals surface area contributed by atoms with Crippen molar-refractivity contribution in [3.63, 3.8) is 0 Å². The van der Waals surface area contributed by atoms with E-state index in [9.17, 15) is 0 Å². The van der Waals surface area contributed by atoms with Crippen LogP contribution in [0.3, 0.4) is 0 Å². The van der Waals surface area contributed by atoms with Gasteiger partial charge in [-0.1, -0.05) is 19.9 Å². The monoisotopic (exact) mass is 401 g/mol. The van der Waals surface area contributed by atoms with Gasteiger partial charge in [-0.05, 0) is 43.9 Å². The number of imidazole rings is 1. The van der Waals surface area contributed by atoms with Gasteiger partial charge < -0.3 is 24.7 Å². The summed E-state index contributed by atoms with van der Waals surface area (Å²) in [5.41, 5.74) is 1.19. The van der Waals surface area contributed by atoms with Crippen LogP contribution in [0.5, 0.6) is 11.5 Å². The van der Waals surface area contributed by atoms with E-state index in [1.54, 1.807) is 7.05 Å². The van der Waals surface area contributed by atoms with Crippen molar-refractivity contribution in [2.24, 2.45) is 10.9 Å². The fourth-order valence-electron chi connectivity index (χ4n) is 3.03. The fourth-order valence-corrected chi connectivity index (χ4v) is 3.03. The summed E-state index contributed by atoms with van der Waals surface area (Å²) in [5, 5.41) is 6.70. The maximum Gasteiger partial charge on any atom is 0.191 e. The van der Waals surface area contributed by atoms with E-state index in [1.165, 1.54) is 5.56 Å². The zero-order chi connectivity index (χ0) is 21.1. The van der Waals surface area contributed by atoms with Crippen LogP contribution in [0, 0.1) is 5.92 Å². The Labute approximate surface area is 174 Å². The molecule has 2 aromatic rings. The Morgan fingerprint density at radius 1 is 1.14 bits per heavy atom. The van der Waals surface area contributed by atoms with Crippen LogP contribution in [0.15, 0.2) is 35.6 Å². The summed E-state index contributed by atoms with van der Waals surface area (Å²) >= 11 is 0. The van der Waals surface area contributed by atoms with E-state index >= 15 is 0 Å². The quantitative estimate of drug-likeness (QED) is 0.447. The molecule has 7 heteroatoms. The molecule has 0 radical (unpaired) electrons. The van der Waals surface area contributed by atoms with Crippen molar-refractivity contribution in [1.29, 1.82) is 0 Å². The third-order valence-electron chi connectivity index (χ3n) is 4.32. The molecule has 0 fully saturated rings. The first kappa shape index (κ1) is 22.6. The zero-order valence-corrected chi connectivity index (χ0v) is 18.4. The van der Waals surface area contributed by atoms with Crippen LogP contribution < -0.4 is 20.1 Å². The van der Waals surface area contributed by atoms with Gasteiger partial charge in [0.1, 0.15) is 5.82 Å². The Kier molecular flexibility index (Phi) is 9.34. The molecule has 7 nitrogen and oxygen atoms in total. The second-order valence-corrected chi connectivity index (χ2v) is 7.14. The van der Waals surface area contributed by atoms with E-state index < -0.39 is 0 Å². The molecule has 0 aliphatic rings. The summed E-state index contributed by atoms with van der Waals surface area (Å²) in [5.74, 6) is 3.94. The second kappa shape index (κ2) is 12.0. The average Bonchev–Trinajstić information content (AvgIpc) is 3.13. The number of rotatable bonds is 11. The van der Waals surface area contributed by atoms with E-state index in [0.717, 1.165) is 42.8 Å². The molecule has 0 amide bonds. The van der Waals surface area contributed by atoms with Crippen molar-refractivity contribution in [2.75, 3.05) is 26.8 Å². The van der Waals surface area contributed by atoms with Crippen LogP contribution in [0.4, 0.5) is 0 Å². The van der Waals surface area contributed by atoms with E-state index in [-0.39, 0.29) is 0 Å². The lowest BCUT2D eigenvalue weighted by Gasteiger charge is -2.15. The average molecular weight is 402 g/mol. The lowest BCUT2D eigenvalue weighted by atomic mass is 10.1. The van der Waals surface area contributed by atoms with E-state index in [2.05, 4.69) is 51.2 Å². The predicted molar refractivity (Wildman–Crippen MR) is 118 cm³/mol. The van der Waals surface area contributed by atoms with Gasteiger partial charge in [0.15, 0.2) is 17.5 Å². The Morgan fingerprint density at radius 3 is 2.59 bits per heavy atom. The number of guanidine groups is 1. The highest BCUT2D eigenvalue weighted by Crippen LogP contribution is 2.28. The van der Waals surface area contributed by atoms with E-state index in [4.69, 9.17) is 9.47 Å². The normalized spacial score (nSPS) is 11.6. The third kappa shape index (κ3) is 7.33. The molecule has 0 bridgehead atoms. The highest BCUT2D eigenvalue weighted by molar-refractivity contribution is 5.79. The maximum atomic E-state index is 5.71. The lowest BCUT2D eigenvalue weighted by molar-refractivity contribution is 0.287. The number of aromatic nitrogens is 2. The minimum absolute atomic E-state index is 0.580. The van der Waals surface area contributed by atoms with Crippen LogP contribution in [0.25, 0.3) is 0 Å². The molecular weight excluding hydrogens is 366 g/mol. The lowest BCUT2D eigenvalue weighted by Crippen LogP contribution is -2.38. The van der Waals surface area contributed by atoms with Crippen LogP contribution in [-0.2, 0) is 19.5 Å². The van der Waals surface area contributed by atoms with Crippen LogP contribution in [-0.4, -0.2) is 42.3 Å². The molecule has 2 N–H and O–H groups in total. The molecule has 2 rings (SSSR count). The number of hydrogen-bond donors (Lipinski definition) is 2. The number of nitrogens with zero attached hydrogens (tertiary/aromatic N) is 3. The van der Waals surface area contributed by atoms with E-state index in [1.807, 2.05) is 32.3 Å². The first-order valence-corrected chi connectivity index (χ1v) is 10.4. The minimum Gasteiger partial charge on any atom is -0.490 e. The summed E-state index contributed by atoms with van der Waals surface area (Å²) in [6.07, 6.45) is 4.72. The SMILES string of the molecule is CCOc1ccc(CCNC(=NC)NCc2nccn2CC(C)C)cc1OCC. The van der Waals surface area contributed by atoms with Crippen molar-refractivity contribution in [2.45, 2.75) is 47.2 Å². The Hall–Kier alpha value is -2.70. The molecule has 1 aromatic heterocycles. The maximum absolute atomic E-state index is 5.71. The summed E-state index contributed by atoms with van der Waals surface area (Å²) in [6, 6.07) is 6.11. The first-order valence-electron chi connectivity index (χ1n) is 10.4. The third-order valence-corrected chi connectivity index (χ3v) is 4.32. The van der Waals surface area contributed by atoms with Gasteiger partial charge in [0.25, 0.3) is 0 Å². The van der Waals surface area contributed by atoms with Crippen molar-refractivity contribution < 1.29 is 9.47 Å². The summed E-state index contributed by atoms with van der Waals surface area (Å²) in [7, 11) is 1.78. The second-order valence-electron chi connectivity index (χ2n) is 7.14. The van der Waals surface area contributed by atoms with Gasteiger partial charge in [-0.3, -0.25) is 4.99 Å². The standard InChI is InChI=1S/C22H35N5O2/c1-6-28-19-9-8-18(14-20(19)29-7-2)10-11-25-22(23-5)26-15-21-24-12-13-27(21)16-17(3)4/h8-9,12-14,17H,6-7,10-11,15-16H2,1-5H3,(H2,23,25,26). The van der Waals surface area contributed by atoms with Crippen LogP contribution >= 0.6 is 0 Å². The molecule has 0 aliphatic heterocycles. The molecular formula is C22H35N5O2. The zero-order valence-electron chi connectivity index (χ0n) is 18.4. The van der Waals surface area contributed by atoms with Gasteiger partial charge in [-0.2, -0.15) is 0 Å². The van der Waals surface area contributed by atoms with Gasteiger partial charge in [0.05, 0.1) is 19.8 Å². The van der Waals surface area contributed by atoms with Crippen LogP contribution in [0.1, 0.15) is 39.1 Å². The van der Waals surface area contributed by atoms with Crippen molar-refractivity contribution in [3.05, 3.63) is 42.0 Å². The van der Waals surface area contributed by atoms with Gasteiger partial charge >= 0.3 is 0 Å². The molecule has 1 aromatic carbocycles. The number of benzene rings is 1.